The van der Waals surface area contributed by atoms with Crippen molar-refractivity contribution in [3.05, 3.63) is 63.9 Å². The van der Waals surface area contributed by atoms with Gasteiger partial charge >= 0.3 is 5.97 Å². The summed E-state index contributed by atoms with van der Waals surface area (Å²) in [5.74, 6) is -0.919. The van der Waals surface area contributed by atoms with Crippen LogP contribution in [0.1, 0.15) is 47.1 Å². The van der Waals surface area contributed by atoms with Crippen molar-refractivity contribution in [2.24, 2.45) is 0 Å². The summed E-state index contributed by atoms with van der Waals surface area (Å²) in [6.07, 6.45) is -1.03. The first-order chi connectivity index (χ1) is 12.4. The number of benzene rings is 1. The first-order valence-electron chi connectivity index (χ1n) is 8.57. The Kier molecular flexibility index (Phi) is 6.75. The normalized spacial score (nSPS) is 11.7. The van der Waals surface area contributed by atoms with Gasteiger partial charge in [-0.05, 0) is 39.3 Å². The van der Waals surface area contributed by atoms with Crippen molar-refractivity contribution in [3.8, 4) is 0 Å². The molecule has 138 valence electrons. The number of nitrogens with zero attached hydrogens (tertiary/aromatic N) is 2. The van der Waals surface area contributed by atoms with Gasteiger partial charge in [0.15, 0.2) is 0 Å². The second kappa shape index (κ2) is 8.81. The summed E-state index contributed by atoms with van der Waals surface area (Å²) in [5, 5.41) is 0.0783. The van der Waals surface area contributed by atoms with Crippen molar-refractivity contribution in [3.63, 3.8) is 0 Å². The number of rotatable bonds is 6. The Bertz CT molecular complexity index is 766. The third kappa shape index (κ3) is 4.41. The average Bonchev–Trinajstić information content (AvgIpc) is 2.60. The van der Waals surface area contributed by atoms with E-state index in [9.17, 15) is 9.59 Å². The summed E-state index contributed by atoms with van der Waals surface area (Å²) in [6, 6.07) is 10.7. The molecule has 2 rings (SSSR count). The number of pyridine rings is 1. The lowest BCUT2D eigenvalue weighted by Gasteiger charge is -2.25. The summed E-state index contributed by atoms with van der Waals surface area (Å²) in [7, 11) is 0. The van der Waals surface area contributed by atoms with Crippen LogP contribution in [0.4, 0.5) is 0 Å². The van der Waals surface area contributed by atoms with Gasteiger partial charge in [0, 0.05) is 24.3 Å². The molecular weight excluding hydrogens is 352 g/mol. The van der Waals surface area contributed by atoms with Gasteiger partial charge in [0.05, 0.1) is 5.56 Å². The zero-order chi connectivity index (χ0) is 19.3. The molecule has 1 aromatic heterocycles. The maximum atomic E-state index is 12.9. The van der Waals surface area contributed by atoms with E-state index < -0.39 is 12.1 Å². The number of hydrogen-bond donors (Lipinski definition) is 0. The fourth-order valence-electron chi connectivity index (χ4n) is 2.79. The minimum absolute atomic E-state index is 0.0783. The summed E-state index contributed by atoms with van der Waals surface area (Å²) >= 11 is 6.15. The minimum atomic E-state index is -1.03. The van der Waals surface area contributed by atoms with Gasteiger partial charge in [-0.3, -0.25) is 4.79 Å². The lowest BCUT2D eigenvalue weighted by atomic mass is 10.1. The zero-order valence-corrected chi connectivity index (χ0v) is 16.2. The standard InChI is InChI=1S/C20H23ClN2O3/c1-5-23(6-2)19(24)17(15-10-8-7-9-11-15)26-20(25)16-13(3)12-14(4)22-18(16)21/h7-12,17H,5-6H2,1-4H3/t17-/m1/s1. The van der Waals surface area contributed by atoms with Crippen LogP contribution >= 0.6 is 11.6 Å². The molecule has 0 aliphatic rings. The van der Waals surface area contributed by atoms with Gasteiger partial charge in [-0.15, -0.1) is 0 Å². The van der Waals surface area contributed by atoms with Crippen LogP contribution in [0.25, 0.3) is 0 Å². The van der Waals surface area contributed by atoms with Crippen molar-refractivity contribution in [1.29, 1.82) is 0 Å². The largest absolute Gasteiger partial charge is 0.444 e. The van der Waals surface area contributed by atoms with Crippen LogP contribution in [0.2, 0.25) is 5.15 Å². The quantitative estimate of drug-likeness (QED) is 0.563. The predicted molar refractivity (Wildman–Crippen MR) is 101 cm³/mol. The van der Waals surface area contributed by atoms with Crippen LogP contribution < -0.4 is 0 Å². The second-order valence-corrected chi connectivity index (χ2v) is 6.31. The van der Waals surface area contributed by atoms with E-state index in [2.05, 4.69) is 4.98 Å². The molecule has 0 saturated heterocycles. The Morgan fingerprint density at radius 1 is 1.15 bits per heavy atom. The predicted octanol–water partition coefficient (Wildman–Crippen LogP) is 4.12. The zero-order valence-electron chi connectivity index (χ0n) is 15.5. The lowest BCUT2D eigenvalue weighted by molar-refractivity contribution is -0.140. The molecule has 1 amide bonds. The average molecular weight is 375 g/mol. The number of aromatic nitrogens is 1. The van der Waals surface area contributed by atoms with Crippen LogP contribution in [-0.2, 0) is 9.53 Å². The molecular formula is C20H23ClN2O3. The van der Waals surface area contributed by atoms with Crippen molar-refractivity contribution < 1.29 is 14.3 Å². The Balaban J connectivity index is 2.38. The summed E-state index contributed by atoms with van der Waals surface area (Å²) in [4.78, 5) is 31.4. The van der Waals surface area contributed by atoms with Crippen molar-refractivity contribution >= 4 is 23.5 Å². The highest BCUT2D eigenvalue weighted by Gasteiger charge is 2.30. The molecule has 1 heterocycles. The van der Waals surface area contributed by atoms with E-state index in [0.29, 0.717) is 29.9 Å². The molecule has 2 aromatic rings. The van der Waals surface area contributed by atoms with E-state index in [1.54, 1.807) is 49.1 Å². The van der Waals surface area contributed by atoms with Crippen LogP contribution in [0, 0.1) is 13.8 Å². The van der Waals surface area contributed by atoms with Gasteiger partial charge in [0.25, 0.3) is 5.91 Å². The van der Waals surface area contributed by atoms with E-state index in [-0.39, 0.29) is 16.6 Å². The van der Waals surface area contributed by atoms with Gasteiger partial charge in [0.1, 0.15) is 5.15 Å². The molecule has 0 spiro atoms. The number of ether oxygens (including phenoxy) is 1. The Morgan fingerprint density at radius 3 is 2.31 bits per heavy atom. The van der Waals surface area contributed by atoms with Crippen molar-refractivity contribution in [2.75, 3.05) is 13.1 Å². The number of hydrogen-bond acceptors (Lipinski definition) is 4. The minimum Gasteiger partial charge on any atom is -0.444 e. The molecule has 0 aliphatic carbocycles. The Hall–Kier alpha value is -2.40. The molecule has 0 bridgehead atoms. The molecule has 0 N–H and O–H groups in total. The van der Waals surface area contributed by atoms with E-state index in [4.69, 9.17) is 16.3 Å². The van der Waals surface area contributed by atoms with Crippen LogP contribution in [-0.4, -0.2) is 34.8 Å². The van der Waals surface area contributed by atoms with Gasteiger partial charge in [0.2, 0.25) is 6.10 Å². The summed E-state index contributed by atoms with van der Waals surface area (Å²) < 4.78 is 5.62. The number of carbonyl (C=O) groups excluding carboxylic acids is 2. The van der Waals surface area contributed by atoms with Gasteiger partial charge in [-0.25, -0.2) is 9.78 Å². The molecule has 6 heteroatoms. The number of aryl methyl sites for hydroxylation is 2. The highest BCUT2D eigenvalue weighted by Crippen LogP contribution is 2.25. The summed E-state index contributed by atoms with van der Waals surface area (Å²) in [5.41, 5.74) is 2.18. The second-order valence-electron chi connectivity index (χ2n) is 5.95. The van der Waals surface area contributed by atoms with E-state index >= 15 is 0 Å². The van der Waals surface area contributed by atoms with Gasteiger partial charge in [-0.1, -0.05) is 41.9 Å². The number of likely N-dealkylation sites (N-methyl/N-ethyl adjacent to an activating group) is 1. The molecule has 1 aromatic carbocycles. The monoisotopic (exact) mass is 374 g/mol. The summed E-state index contributed by atoms with van der Waals surface area (Å²) in [6.45, 7) is 8.39. The Labute approximate surface area is 158 Å². The molecule has 26 heavy (non-hydrogen) atoms. The fraction of sp³-hybridized carbons (Fsp3) is 0.350. The van der Waals surface area contributed by atoms with E-state index in [1.807, 2.05) is 19.9 Å². The maximum Gasteiger partial charge on any atom is 0.342 e. The molecule has 1 atom stereocenters. The van der Waals surface area contributed by atoms with Gasteiger partial charge in [-0.2, -0.15) is 0 Å². The highest BCUT2D eigenvalue weighted by atomic mass is 35.5. The number of halogens is 1. The molecule has 0 fully saturated rings. The first kappa shape index (κ1) is 19.9. The topological polar surface area (TPSA) is 59.5 Å². The van der Waals surface area contributed by atoms with Crippen molar-refractivity contribution in [2.45, 2.75) is 33.8 Å². The molecule has 0 aliphatic heterocycles. The first-order valence-corrected chi connectivity index (χ1v) is 8.95. The third-order valence-corrected chi connectivity index (χ3v) is 4.40. The third-order valence-electron chi connectivity index (χ3n) is 4.13. The molecule has 5 nitrogen and oxygen atoms in total. The number of carbonyl (C=O) groups is 2. The highest BCUT2D eigenvalue weighted by molar-refractivity contribution is 6.32. The molecule has 0 unspecified atom stereocenters. The van der Waals surface area contributed by atoms with Gasteiger partial charge < -0.3 is 9.64 Å². The smallest absolute Gasteiger partial charge is 0.342 e. The number of amides is 1. The lowest BCUT2D eigenvalue weighted by Crippen LogP contribution is -2.36. The maximum absolute atomic E-state index is 12.9. The Morgan fingerprint density at radius 2 is 1.77 bits per heavy atom. The van der Waals surface area contributed by atoms with Crippen molar-refractivity contribution in [1.82, 2.24) is 9.88 Å². The molecule has 0 saturated carbocycles. The van der Waals surface area contributed by atoms with Crippen LogP contribution in [0.3, 0.4) is 0 Å². The number of esters is 1. The van der Waals surface area contributed by atoms with E-state index in [1.165, 1.54) is 0 Å². The van der Waals surface area contributed by atoms with E-state index in [0.717, 1.165) is 0 Å². The fourth-order valence-corrected chi connectivity index (χ4v) is 3.15. The van der Waals surface area contributed by atoms with Crippen LogP contribution in [0.15, 0.2) is 36.4 Å². The van der Waals surface area contributed by atoms with Crippen LogP contribution in [0.5, 0.6) is 0 Å². The molecule has 0 radical (unpaired) electrons. The SMILES string of the molecule is CCN(CC)C(=O)[C@H](OC(=O)c1c(C)cc(C)nc1Cl)c1ccccc1.